The van der Waals surface area contributed by atoms with Crippen LogP contribution in [0.2, 0.25) is 0 Å². The maximum Gasteiger partial charge on any atom is 0.135 e. The zero-order valence-electron chi connectivity index (χ0n) is 10.9. The second kappa shape index (κ2) is 5.16. The van der Waals surface area contributed by atoms with Gasteiger partial charge in [-0.05, 0) is 38.0 Å². The van der Waals surface area contributed by atoms with E-state index in [0.29, 0.717) is 6.04 Å². The van der Waals surface area contributed by atoms with E-state index in [-0.39, 0.29) is 0 Å². The van der Waals surface area contributed by atoms with Gasteiger partial charge in [0.25, 0.3) is 0 Å². The molecule has 1 aliphatic heterocycles. The standard InChI is InChI=1S/C14H20BrN3/c1-10-6-7-18(13(10)8-15)14-11-4-2-3-5-12(11)16-9-17-14/h9-10,13H,2-8H2,1H3. The van der Waals surface area contributed by atoms with Crippen LogP contribution in [0.1, 0.15) is 37.4 Å². The van der Waals surface area contributed by atoms with Crippen LogP contribution in [0, 0.1) is 5.92 Å². The molecule has 4 heteroatoms. The first kappa shape index (κ1) is 12.4. The third-order valence-corrected chi connectivity index (χ3v) is 5.08. The summed E-state index contributed by atoms with van der Waals surface area (Å²) in [5.41, 5.74) is 2.71. The summed E-state index contributed by atoms with van der Waals surface area (Å²) in [4.78, 5) is 11.6. The summed E-state index contributed by atoms with van der Waals surface area (Å²) in [6.45, 7) is 3.49. The molecule has 0 spiro atoms. The maximum absolute atomic E-state index is 4.60. The number of hydrogen-bond donors (Lipinski definition) is 0. The molecule has 0 N–H and O–H groups in total. The van der Waals surface area contributed by atoms with Crippen molar-refractivity contribution in [2.75, 3.05) is 16.8 Å². The number of hydrogen-bond acceptors (Lipinski definition) is 3. The van der Waals surface area contributed by atoms with Crippen LogP contribution >= 0.6 is 15.9 Å². The van der Waals surface area contributed by atoms with Crippen molar-refractivity contribution in [1.82, 2.24) is 9.97 Å². The van der Waals surface area contributed by atoms with Crippen molar-refractivity contribution in [3.05, 3.63) is 17.6 Å². The van der Waals surface area contributed by atoms with Gasteiger partial charge in [-0.2, -0.15) is 0 Å². The first-order chi connectivity index (χ1) is 8.81. The van der Waals surface area contributed by atoms with Gasteiger partial charge in [0.05, 0.1) is 0 Å². The van der Waals surface area contributed by atoms with Crippen LogP contribution in [-0.2, 0) is 12.8 Å². The molecule has 1 aromatic heterocycles. The molecule has 1 aromatic rings. The number of halogens is 1. The van der Waals surface area contributed by atoms with Gasteiger partial charge in [-0.15, -0.1) is 0 Å². The minimum absolute atomic E-state index is 0.589. The molecule has 0 amide bonds. The fourth-order valence-electron chi connectivity index (χ4n) is 3.26. The van der Waals surface area contributed by atoms with E-state index in [1.54, 1.807) is 6.33 Å². The Labute approximate surface area is 117 Å². The summed E-state index contributed by atoms with van der Waals surface area (Å²) in [7, 11) is 0. The predicted molar refractivity (Wildman–Crippen MR) is 77.4 cm³/mol. The second-order valence-corrected chi connectivity index (χ2v) is 6.16. The highest BCUT2D eigenvalue weighted by Gasteiger charge is 2.33. The summed E-state index contributed by atoms with van der Waals surface area (Å²) < 4.78 is 0. The smallest absolute Gasteiger partial charge is 0.135 e. The number of alkyl halides is 1. The van der Waals surface area contributed by atoms with Crippen LogP contribution in [0.4, 0.5) is 5.82 Å². The normalized spacial score (nSPS) is 27.3. The lowest BCUT2D eigenvalue weighted by Gasteiger charge is -2.29. The monoisotopic (exact) mass is 309 g/mol. The van der Waals surface area contributed by atoms with Gasteiger partial charge in [0.15, 0.2) is 0 Å². The van der Waals surface area contributed by atoms with Gasteiger partial charge in [0, 0.05) is 29.2 Å². The molecule has 0 aromatic carbocycles. The third kappa shape index (κ3) is 2.04. The minimum Gasteiger partial charge on any atom is -0.352 e. The Morgan fingerprint density at radius 1 is 1.33 bits per heavy atom. The molecule has 3 nitrogen and oxygen atoms in total. The van der Waals surface area contributed by atoms with Crippen molar-refractivity contribution in [3.63, 3.8) is 0 Å². The van der Waals surface area contributed by atoms with Crippen molar-refractivity contribution in [3.8, 4) is 0 Å². The van der Waals surface area contributed by atoms with E-state index in [2.05, 4.69) is 37.7 Å². The first-order valence-electron chi connectivity index (χ1n) is 6.96. The Kier molecular flexibility index (Phi) is 3.55. The molecule has 0 radical (unpaired) electrons. The molecule has 0 saturated carbocycles. The van der Waals surface area contributed by atoms with Crippen molar-refractivity contribution in [2.45, 2.75) is 45.1 Å². The van der Waals surface area contributed by atoms with E-state index in [1.165, 1.54) is 36.3 Å². The van der Waals surface area contributed by atoms with Gasteiger partial charge >= 0.3 is 0 Å². The maximum atomic E-state index is 4.60. The lowest BCUT2D eigenvalue weighted by molar-refractivity contribution is 0.550. The molecule has 1 aliphatic carbocycles. The summed E-state index contributed by atoms with van der Waals surface area (Å²) in [5.74, 6) is 1.96. The van der Waals surface area contributed by atoms with E-state index in [1.807, 2.05) is 0 Å². The van der Waals surface area contributed by atoms with Crippen molar-refractivity contribution in [2.24, 2.45) is 5.92 Å². The Balaban J connectivity index is 1.97. The van der Waals surface area contributed by atoms with Gasteiger partial charge < -0.3 is 4.90 Å². The van der Waals surface area contributed by atoms with E-state index in [0.717, 1.165) is 30.6 Å². The minimum atomic E-state index is 0.589. The summed E-state index contributed by atoms with van der Waals surface area (Å²) in [6.07, 6.45) is 7.89. The van der Waals surface area contributed by atoms with Crippen molar-refractivity contribution in [1.29, 1.82) is 0 Å². The number of aryl methyl sites for hydroxylation is 1. The average molecular weight is 310 g/mol. The van der Waals surface area contributed by atoms with Gasteiger partial charge in [-0.1, -0.05) is 22.9 Å². The number of anilines is 1. The third-order valence-electron chi connectivity index (χ3n) is 4.41. The highest BCUT2D eigenvalue weighted by Crippen LogP contribution is 2.34. The molecule has 2 atom stereocenters. The molecule has 0 bridgehead atoms. The van der Waals surface area contributed by atoms with E-state index < -0.39 is 0 Å². The van der Waals surface area contributed by atoms with Crippen LogP contribution in [0.25, 0.3) is 0 Å². The Hall–Kier alpha value is -0.640. The summed E-state index contributed by atoms with van der Waals surface area (Å²) >= 11 is 3.67. The van der Waals surface area contributed by atoms with E-state index >= 15 is 0 Å². The lowest BCUT2D eigenvalue weighted by Crippen LogP contribution is -2.35. The Morgan fingerprint density at radius 3 is 3.00 bits per heavy atom. The number of rotatable bonds is 2. The highest BCUT2D eigenvalue weighted by molar-refractivity contribution is 9.09. The van der Waals surface area contributed by atoms with Crippen LogP contribution < -0.4 is 4.90 Å². The van der Waals surface area contributed by atoms with E-state index in [4.69, 9.17) is 0 Å². The van der Waals surface area contributed by atoms with Gasteiger partial charge in [-0.3, -0.25) is 0 Å². The first-order valence-corrected chi connectivity index (χ1v) is 8.08. The predicted octanol–water partition coefficient (Wildman–Crippen LogP) is 2.97. The Morgan fingerprint density at radius 2 is 2.17 bits per heavy atom. The largest absolute Gasteiger partial charge is 0.352 e. The van der Waals surface area contributed by atoms with Crippen LogP contribution in [0.15, 0.2) is 6.33 Å². The van der Waals surface area contributed by atoms with Crippen LogP contribution in [0.5, 0.6) is 0 Å². The molecule has 18 heavy (non-hydrogen) atoms. The van der Waals surface area contributed by atoms with Crippen LogP contribution in [-0.4, -0.2) is 27.9 Å². The van der Waals surface area contributed by atoms with Gasteiger partial charge in [0.1, 0.15) is 12.1 Å². The fourth-order valence-corrected chi connectivity index (χ4v) is 4.25. The summed E-state index contributed by atoms with van der Waals surface area (Å²) in [6, 6.07) is 0.589. The summed E-state index contributed by atoms with van der Waals surface area (Å²) in [5, 5.41) is 1.03. The molecule has 1 fully saturated rings. The average Bonchev–Trinajstić information content (AvgIpc) is 2.79. The zero-order chi connectivity index (χ0) is 12.5. The fraction of sp³-hybridized carbons (Fsp3) is 0.714. The number of aromatic nitrogens is 2. The molecule has 3 rings (SSSR count). The van der Waals surface area contributed by atoms with E-state index in [9.17, 15) is 0 Å². The van der Waals surface area contributed by atoms with Crippen LogP contribution in [0.3, 0.4) is 0 Å². The Bertz CT molecular complexity index is 435. The number of fused-ring (bicyclic) bond motifs is 1. The molecule has 98 valence electrons. The second-order valence-electron chi connectivity index (χ2n) is 5.51. The molecule has 1 saturated heterocycles. The van der Waals surface area contributed by atoms with Crippen molar-refractivity contribution >= 4 is 21.7 Å². The zero-order valence-corrected chi connectivity index (χ0v) is 12.5. The topological polar surface area (TPSA) is 29.0 Å². The highest BCUT2D eigenvalue weighted by atomic mass is 79.9. The molecular formula is C14H20BrN3. The van der Waals surface area contributed by atoms with Gasteiger partial charge in [0.2, 0.25) is 0 Å². The SMILES string of the molecule is CC1CCN(c2ncnc3c2CCCC3)C1CBr. The molecule has 2 heterocycles. The molecule has 2 aliphatic rings. The molecule has 2 unspecified atom stereocenters. The van der Waals surface area contributed by atoms with Gasteiger partial charge in [-0.25, -0.2) is 9.97 Å². The quantitative estimate of drug-likeness (QED) is 0.787. The lowest BCUT2D eigenvalue weighted by atomic mass is 9.96. The molecular weight excluding hydrogens is 290 g/mol. The number of nitrogens with zero attached hydrogens (tertiary/aromatic N) is 3. The van der Waals surface area contributed by atoms with Crippen molar-refractivity contribution < 1.29 is 0 Å².